The van der Waals surface area contributed by atoms with E-state index in [9.17, 15) is 0 Å². The topological polar surface area (TPSA) is 63.5 Å². The Morgan fingerprint density at radius 1 is 1.50 bits per heavy atom. The van der Waals surface area contributed by atoms with Gasteiger partial charge in [-0.1, -0.05) is 5.16 Å². The number of rotatable bonds is 1. The van der Waals surface area contributed by atoms with Crippen molar-refractivity contribution in [3.8, 4) is 11.8 Å². The van der Waals surface area contributed by atoms with E-state index < -0.39 is 0 Å². The molecule has 0 aliphatic carbocycles. The maximum atomic E-state index is 8.31. The summed E-state index contributed by atoms with van der Waals surface area (Å²) in [6.07, 6.45) is 4.55. The maximum absolute atomic E-state index is 8.31. The zero-order valence-corrected chi connectivity index (χ0v) is 8.58. The minimum atomic E-state index is 0.455. The average Bonchev–Trinajstić information content (AvgIpc) is 2.86. The smallest absolute Gasteiger partial charge is 0.178 e. The first kappa shape index (κ1) is 10.1. The molecule has 16 heavy (non-hydrogen) atoms. The van der Waals surface area contributed by atoms with Crippen LogP contribution in [0.15, 0.2) is 34.2 Å². The van der Waals surface area contributed by atoms with Crippen LogP contribution in [0.2, 0.25) is 0 Å². The van der Waals surface area contributed by atoms with Crippen LogP contribution in [-0.4, -0.2) is 21.0 Å². The Labute approximate surface area is 92.0 Å². The summed E-state index contributed by atoms with van der Waals surface area (Å²) in [5.74, 6) is 6.73. The van der Waals surface area contributed by atoms with Gasteiger partial charge in [-0.2, -0.15) is 0 Å². The summed E-state index contributed by atoms with van der Waals surface area (Å²) in [6, 6.07) is 3.38. The molecule has 0 aromatic carbocycles. The van der Waals surface area contributed by atoms with Crippen LogP contribution >= 0.6 is 0 Å². The van der Waals surface area contributed by atoms with Gasteiger partial charge in [-0.05, 0) is 24.0 Å². The molecule has 80 valence electrons. The fourth-order valence-corrected chi connectivity index (χ4v) is 1.15. The zero-order valence-electron chi connectivity index (χ0n) is 8.58. The van der Waals surface area contributed by atoms with Gasteiger partial charge in [0.1, 0.15) is 17.7 Å². The quantitative estimate of drug-likeness (QED) is 0.336. The standard InChI is InChI=1S/C11H9N3O2/c1-14-8-12-6-9(14)2-3-10-4-5-11(16-10)7-13-15/h4-8,15H,1H3/b13-7+. The molecule has 2 rings (SSSR count). The van der Waals surface area contributed by atoms with Crippen molar-refractivity contribution in [2.24, 2.45) is 12.2 Å². The Morgan fingerprint density at radius 3 is 3.06 bits per heavy atom. The predicted octanol–water partition coefficient (Wildman–Crippen LogP) is 1.22. The second-order valence-electron chi connectivity index (χ2n) is 3.09. The number of imidazole rings is 1. The van der Waals surface area contributed by atoms with E-state index in [4.69, 9.17) is 9.62 Å². The highest BCUT2D eigenvalue weighted by Crippen LogP contribution is 2.04. The maximum Gasteiger partial charge on any atom is 0.178 e. The molecule has 0 fully saturated rings. The largest absolute Gasteiger partial charge is 0.447 e. The third-order valence-corrected chi connectivity index (χ3v) is 1.94. The summed E-state index contributed by atoms with van der Waals surface area (Å²) in [5, 5.41) is 11.2. The molecule has 1 N–H and O–H groups in total. The van der Waals surface area contributed by atoms with Gasteiger partial charge in [-0.3, -0.25) is 0 Å². The van der Waals surface area contributed by atoms with Gasteiger partial charge in [-0.15, -0.1) is 0 Å². The van der Waals surface area contributed by atoms with Crippen molar-refractivity contribution in [3.63, 3.8) is 0 Å². The van der Waals surface area contributed by atoms with Gasteiger partial charge in [-0.25, -0.2) is 4.98 Å². The molecule has 5 heteroatoms. The van der Waals surface area contributed by atoms with Crippen molar-refractivity contribution in [2.75, 3.05) is 0 Å². The van der Waals surface area contributed by atoms with Crippen LogP contribution in [0.25, 0.3) is 0 Å². The molecule has 2 aromatic heterocycles. The molecule has 5 nitrogen and oxygen atoms in total. The summed E-state index contributed by atoms with van der Waals surface area (Å²) >= 11 is 0. The lowest BCUT2D eigenvalue weighted by atomic mass is 10.4. The van der Waals surface area contributed by atoms with E-state index in [-0.39, 0.29) is 0 Å². The van der Waals surface area contributed by atoms with Crippen molar-refractivity contribution < 1.29 is 9.62 Å². The van der Waals surface area contributed by atoms with Crippen LogP contribution in [-0.2, 0) is 7.05 Å². The van der Waals surface area contributed by atoms with E-state index >= 15 is 0 Å². The second kappa shape index (κ2) is 4.36. The van der Waals surface area contributed by atoms with Gasteiger partial charge in [0.15, 0.2) is 5.76 Å². The van der Waals surface area contributed by atoms with Gasteiger partial charge in [0.2, 0.25) is 0 Å². The lowest BCUT2D eigenvalue weighted by Crippen LogP contribution is -1.87. The van der Waals surface area contributed by atoms with Crippen molar-refractivity contribution in [3.05, 3.63) is 41.9 Å². The minimum Gasteiger partial charge on any atom is -0.447 e. The molecule has 0 aliphatic heterocycles. The van der Waals surface area contributed by atoms with Crippen LogP contribution in [0.3, 0.4) is 0 Å². The highest BCUT2D eigenvalue weighted by atomic mass is 16.4. The minimum absolute atomic E-state index is 0.455. The van der Waals surface area contributed by atoms with E-state index in [2.05, 4.69) is 22.0 Å². The molecule has 0 unspecified atom stereocenters. The Morgan fingerprint density at radius 2 is 2.38 bits per heavy atom. The normalized spacial score (nSPS) is 10.3. The fraction of sp³-hybridized carbons (Fsp3) is 0.0909. The first-order chi connectivity index (χ1) is 7.79. The summed E-state index contributed by atoms with van der Waals surface area (Å²) in [6.45, 7) is 0. The molecule has 0 aliphatic rings. The van der Waals surface area contributed by atoms with E-state index in [1.165, 1.54) is 6.21 Å². The molecule has 2 aromatic rings. The van der Waals surface area contributed by atoms with E-state index in [1.54, 1.807) is 24.7 Å². The van der Waals surface area contributed by atoms with Crippen molar-refractivity contribution in [1.82, 2.24) is 9.55 Å². The molecule has 0 saturated heterocycles. The average molecular weight is 215 g/mol. The Hall–Kier alpha value is -2.48. The number of aryl methyl sites for hydroxylation is 1. The molecule has 0 amide bonds. The van der Waals surface area contributed by atoms with Crippen LogP contribution in [0.4, 0.5) is 0 Å². The summed E-state index contributed by atoms with van der Waals surface area (Å²) < 4.78 is 7.06. The van der Waals surface area contributed by atoms with Gasteiger partial charge in [0, 0.05) is 7.05 Å². The summed E-state index contributed by atoms with van der Waals surface area (Å²) in [7, 11) is 1.86. The Bertz CT molecular complexity index is 569. The number of hydrogen-bond acceptors (Lipinski definition) is 4. The van der Waals surface area contributed by atoms with E-state index in [0.29, 0.717) is 11.5 Å². The highest BCUT2D eigenvalue weighted by Gasteiger charge is 1.96. The van der Waals surface area contributed by atoms with Gasteiger partial charge < -0.3 is 14.2 Å². The zero-order chi connectivity index (χ0) is 11.4. The first-order valence-corrected chi connectivity index (χ1v) is 4.55. The van der Waals surface area contributed by atoms with Crippen molar-refractivity contribution in [2.45, 2.75) is 0 Å². The highest BCUT2D eigenvalue weighted by molar-refractivity contribution is 5.75. The Balaban J connectivity index is 2.21. The Kier molecular flexibility index (Phi) is 2.74. The first-order valence-electron chi connectivity index (χ1n) is 4.55. The van der Waals surface area contributed by atoms with Crippen LogP contribution < -0.4 is 0 Å². The van der Waals surface area contributed by atoms with Crippen LogP contribution in [0.1, 0.15) is 17.2 Å². The lowest BCUT2D eigenvalue weighted by molar-refractivity contribution is 0.320. The molecule has 0 spiro atoms. The van der Waals surface area contributed by atoms with Crippen molar-refractivity contribution in [1.29, 1.82) is 0 Å². The van der Waals surface area contributed by atoms with Gasteiger partial charge in [0.05, 0.1) is 12.5 Å². The summed E-state index contributed by atoms with van der Waals surface area (Å²) in [5.41, 5.74) is 0.800. The van der Waals surface area contributed by atoms with Crippen molar-refractivity contribution >= 4 is 6.21 Å². The molecule has 0 atom stereocenters. The number of oxime groups is 1. The van der Waals surface area contributed by atoms with E-state index in [1.807, 2.05) is 11.6 Å². The lowest BCUT2D eigenvalue weighted by Gasteiger charge is -1.88. The third kappa shape index (κ3) is 2.12. The molecule has 2 heterocycles. The number of furan rings is 1. The summed E-state index contributed by atoms with van der Waals surface area (Å²) in [4.78, 5) is 3.94. The monoisotopic (exact) mass is 215 g/mol. The SMILES string of the molecule is Cn1cncc1C#Cc1ccc(/C=N/O)o1. The predicted molar refractivity (Wildman–Crippen MR) is 57.3 cm³/mol. The van der Waals surface area contributed by atoms with Crippen LogP contribution in [0, 0.1) is 11.8 Å². The molecular weight excluding hydrogens is 206 g/mol. The molecular formula is C11H9N3O2. The number of nitrogens with zero attached hydrogens (tertiary/aromatic N) is 3. The van der Waals surface area contributed by atoms with Gasteiger partial charge in [0.25, 0.3) is 0 Å². The third-order valence-electron chi connectivity index (χ3n) is 1.94. The molecule has 0 saturated carbocycles. The fourth-order valence-electron chi connectivity index (χ4n) is 1.15. The number of hydrogen-bond donors (Lipinski definition) is 1. The molecule has 0 bridgehead atoms. The van der Waals surface area contributed by atoms with Gasteiger partial charge >= 0.3 is 0 Å². The second-order valence-corrected chi connectivity index (χ2v) is 3.09. The van der Waals surface area contributed by atoms with E-state index in [0.717, 1.165) is 5.69 Å². The molecule has 0 radical (unpaired) electrons. The number of aromatic nitrogens is 2. The van der Waals surface area contributed by atoms with Crippen LogP contribution in [0.5, 0.6) is 0 Å².